The van der Waals surface area contributed by atoms with Crippen molar-refractivity contribution < 1.29 is 4.79 Å². The Kier molecular flexibility index (Phi) is 3.51. The van der Waals surface area contributed by atoms with Crippen LogP contribution in [0.5, 0.6) is 0 Å². The normalized spacial score (nSPS) is 16.8. The fraction of sp³-hybridized carbons (Fsp3) is 0.500. The van der Waals surface area contributed by atoms with Crippen molar-refractivity contribution in [1.29, 1.82) is 0 Å². The second-order valence-corrected chi connectivity index (χ2v) is 4.24. The molecule has 1 fully saturated rings. The topological polar surface area (TPSA) is 68.0 Å². The van der Waals surface area contributed by atoms with Gasteiger partial charge in [0.25, 0.3) is 0 Å². The van der Waals surface area contributed by atoms with Gasteiger partial charge in [-0.2, -0.15) is 0 Å². The van der Waals surface area contributed by atoms with Crippen molar-refractivity contribution in [2.24, 2.45) is 11.7 Å². The Hall–Kier alpha value is -1.42. The minimum Gasteiger partial charge on any atom is -0.353 e. The summed E-state index contributed by atoms with van der Waals surface area (Å²) in [4.78, 5) is 16.0. The lowest BCUT2D eigenvalue weighted by atomic mass is 10.0. The van der Waals surface area contributed by atoms with E-state index in [-0.39, 0.29) is 11.8 Å². The van der Waals surface area contributed by atoms with Gasteiger partial charge in [-0.3, -0.25) is 9.78 Å². The number of hydrogen-bond donors (Lipinski definition) is 2. The van der Waals surface area contributed by atoms with Gasteiger partial charge in [0.2, 0.25) is 5.91 Å². The monoisotopic (exact) mass is 219 g/mol. The Labute approximate surface area is 95.3 Å². The maximum absolute atomic E-state index is 11.8. The molecule has 4 heteroatoms. The van der Waals surface area contributed by atoms with Crippen molar-refractivity contribution in [1.82, 2.24) is 10.3 Å². The summed E-state index contributed by atoms with van der Waals surface area (Å²) in [6.07, 6.45) is 4.57. The lowest BCUT2D eigenvalue weighted by molar-refractivity contribution is -0.124. The van der Waals surface area contributed by atoms with Crippen LogP contribution in [0, 0.1) is 5.92 Å². The number of amides is 1. The van der Waals surface area contributed by atoms with E-state index in [2.05, 4.69) is 10.3 Å². The quantitative estimate of drug-likeness (QED) is 0.756. The van der Waals surface area contributed by atoms with Gasteiger partial charge >= 0.3 is 0 Å². The fourth-order valence-corrected chi connectivity index (χ4v) is 1.60. The number of pyridine rings is 1. The maximum atomic E-state index is 11.8. The zero-order valence-corrected chi connectivity index (χ0v) is 9.23. The Morgan fingerprint density at radius 3 is 2.94 bits per heavy atom. The predicted molar refractivity (Wildman–Crippen MR) is 61.7 cm³/mol. The summed E-state index contributed by atoms with van der Waals surface area (Å²) in [6.45, 7) is 0.370. The van der Waals surface area contributed by atoms with Gasteiger partial charge < -0.3 is 11.1 Å². The zero-order chi connectivity index (χ0) is 11.4. The first-order valence-corrected chi connectivity index (χ1v) is 5.70. The van der Waals surface area contributed by atoms with Gasteiger partial charge in [0.1, 0.15) is 0 Å². The average Bonchev–Trinajstić information content (AvgIpc) is 3.11. The van der Waals surface area contributed by atoms with Crippen LogP contribution in [0.25, 0.3) is 0 Å². The molecule has 86 valence electrons. The van der Waals surface area contributed by atoms with Crippen LogP contribution in [-0.2, 0) is 11.2 Å². The van der Waals surface area contributed by atoms with Gasteiger partial charge in [-0.15, -0.1) is 0 Å². The minimum atomic E-state index is -0.157. The van der Waals surface area contributed by atoms with Crippen LogP contribution in [0.3, 0.4) is 0 Å². The van der Waals surface area contributed by atoms with Crippen LogP contribution >= 0.6 is 0 Å². The van der Waals surface area contributed by atoms with Gasteiger partial charge in [0.15, 0.2) is 0 Å². The van der Waals surface area contributed by atoms with E-state index >= 15 is 0 Å². The molecule has 4 nitrogen and oxygen atoms in total. The van der Waals surface area contributed by atoms with Crippen LogP contribution in [0.15, 0.2) is 24.4 Å². The van der Waals surface area contributed by atoms with Gasteiger partial charge in [0.05, 0.1) is 5.92 Å². The van der Waals surface area contributed by atoms with Crippen LogP contribution in [0.1, 0.15) is 18.5 Å². The van der Waals surface area contributed by atoms with Crippen molar-refractivity contribution in [2.75, 3.05) is 6.54 Å². The molecule has 16 heavy (non-hydrogen) atoms. The molecule has 2 rings (SSSR count). The molecule has 0 radical (unpaired) electrons. The molecular formula is C12H17N3O. The molecule has 0 aliphatic heterocycles. The highest BCUT2D eigenvalue weighted by Crippen LogP contribution is 2.19. The average molecular weight is 219 g/mol. The Morgan fingerprint density at radius 2 is 2.38 bits per heavy atom. The number of nitrogens with zero attached hydrogens (tertiary/aromatic N) is 1. The van der Waals surface area contributed by atoms with E-state index in [0.717, 1.165) is 18.5 Å². The largest absolute Gasteiger partial charge is 0.353 e. The minimum absolute atomic E-state index is 0.0654. The number of nitrogens with two attached hydrogens (primary N) is 1. The maximum Gasteiger partial charge on any atom is 0.224 e. The first-order chi connectivity index (χ1) is 7.79. The van der Waals surface area contributed by atoms with Crippen LogP contribution < -0.4 is 11.1 Å². The first-order valence-electron chi connectivity index (χ1n) is 5.70. The van der Waals surface area contributed by atoms with Crippen LogP contribution in [-0.4, -0.2) is 23.5 Å². The lowest BCUT2D eigenvalue weighted by Gasteiger charge is -2.13. The number of nitrogens with one attached hydrogen (secondary N) is 1. The number of rotatable bonds is 5. The van der Waals surface area contributed by atoms with Crippen molar-refractivity contribution in [3.63, 3.8) is 0 Å². The third kappa shape index (κ3) is 3.03. The summed E-state index contributed by atoms with van der Waals surface area (Å²) in [5, 5.41) is 2.98. The van der Waals surface area contributed by atoms with Gasteiger partial charge in [-0.1, -0.05) is 6.07 Å². The van der Waals surface area contributed by atoms with E-state index < -0.39 is 0 Å². The van der Waals surface area contributed by atoms with E-state index in [1.807, 2.05) is 18.2 Å². The van der Waals surface area contributed by atoms with Crippen molar-refractivity contribution in [3.05, 3.63) is 30.1 Å². The summed E-state index contributed by atoms with van der Waals surface area (Å²) in [7, 11) is 0. The Morgan fingerprint density at radius 1 is 1.56 bits per heavy atom. The first kappa shape index (κ1) is 11.1. The summed E-state index contributed by atoms with van der Waals surface area (Å²) in [5.74, 6) is -0.0915. The van der Waals surface area contributed by atoms with Crippen molar-refractivity contribution in [2.45, 2.75) is 25.3 Å². The molecule has 1 unspecified atom stereocenters. The Bertz CT molecular complexity index is 349. The third-order valence-corrected chi connectivity index (χ3v) is 2.76. The summed E-state index contributed by atoms with van der Waals surface area (Å²) >= 11 is 0. The molecule has 1 aliphatic carbocycles. The molecule has 1 aliphatic rings. The van der Waals surface area contributed by atoms with E-state index in [0.29, 0.717) is 19.0 Å². The second-order valence-electron chi connectivity index (χ2n) is 4.24. The molecule has 1 saturated carbocycles. The number of hydrogen-bond acceptors (Lipinski definition) is 3. The number of aromatic nitrogens is 1. The molecule has 3 N–H and O–H groups in total. The smallest absolute Gasteiger partial charge is 0.224 e. The Balaban J connectivity index is 1.91. The van der Waals surface area contributed by atoms with Gasteiger partial charge in [-0.05, 0) is 25.0 Å². The molecule has 0 aromatic carbocycles. The molecule has 1 aromatic rings. The fourth-order valence-electron chi connectivity index (χ4n) is 1.60. The highest BCUT2D eigenvalue weighted by atomic mass is 16.2. The van der Waals surface area contributed by atoms with E-state index in [4.69, 9.17) is 5.73 Å². The molecule has 1 heterocycles. The highest BCUT2D eigenvalue weighted by Gasteiger charge is 2.27. The van der Waals surface area contributed by atoms with Gasteiger partial charge in [0, 0.05) is 30.9 Å². The molecule has 1 amide bonds. The van der Waals surface area contributed by atoms with Gasteiger partial charge in [-0.25, -0.2) is 0 Å². The zero-order valence-electron chi connectivity index (χ0n) is 9.23. The number of carbonyl (C=O) groups is 1. The molecule has 1 aromatic heterocycles. The van der Waals surface area contributed by atoms with Crippen molar-refractivity contribution in [3.8, 4) is 0 Å². The summed E-state index contributed by atoms with van der Waals surface area (Å²) in [5.41, 5.74) is 6.55. The molecule has 0 saturated heterocycles. The SMILES string of the molecule is NCC(Cc1ccccn1)C(=O)NC1CC1. The summed E-state index contributed by atoms with van der Waals surface area (Å²) in [6, 6.07) is 6.11. The third-order valence-electron chi connectivity index (χ3n) is 2.76. The summed E-state index contributed by atoms with van der Waals surface area (Å²) < 4.78 is 0. The highest BCUT2D eigenvalue weighted by molar-refractivity contribution is 5.79. The molecule has 0 bridgehead atoms. The van der Waals surface area contributed by atoms with E-state index in [1.165, 1.54) is 0 Å². The standard InChI is InChI=1S/C12H17N3O/c13-8-9(12(16)15-10-4-5-10)7-11-3-1-2-6-14-11/h1-3,6,9-10H,4-5,7-8,13H2,(H,15,16). The van der Waals surface area contributed by atoms with Crippen LogP contribution in [0.4, 0.5) is 0 Å². The lowest BCUT2D eigenvalue weighted by Crippen LogP contribution is -2.37. The molecular weight excluding hydrogens is 202 g/mol. The molecule has 0 spiro atoms. The predicted octanol–water partition coefficient (Wildman–Crippen LogP) is 0.478. The van der Waals surface area contributed by atoms with E-state index in [9.17, 15) is 4.79 Å². The molecule has 1 atom stereocenters. The van der Waals surface area contributed by atoms with Crippen LogP contribution in [0.2, 0.25) is 0 Å². The van der Waals surface area contributed by atoms with E-state index in [1.54, 1.807) is 6.20 Å². The number of carbonyl (C=O) groups excluding carboxylic acids is 1. The second kappa shape index (κ2) is 5.07. The van der Waals surface area contributed by atoms with Crippen molar-refractivity contribution >= 4 is 5.91 Å².